The Morgan fingerprint density at radius 1 is 1.24 bits per heavy atom. The summed E-state index contributed by atoms with van der Waals surface area (Å²) >= 11 is 0. The second-order valence-electron chi connectivity index (χ2n) is 5.92. The molecule has 0 spiro atoms. The van der Waals surface area contributed by atoms with Crippen molar-refractivity contribution in [2.75, 3.05) is 31.6 Å². The Balaban J connectivity index is 1.59. The lowest BCUT2D eigenvalue weighted by Crippen LogP contribution is -2.43. The summed E-state index contributed by atoms with van der Waals surface area (Å²) in [5.74, 6) is 0.393. The number of halogens is 1. The van der Waals surface area contributed by atoms with Crippen molar-refractivity contribution in [2.45, 2.75) is 13.5 Å². The zero-order valence-electron chi connectivity index (χ0n) is 14.1. The summed E-state index contributed by atoms with van der Waals surface area (Å²) in [4.78, 5) is 14.0. The van der Waals surface area contributed by atoms with Crippen LogP contribution >= 0.6 is 0 Å². The summed E-state index contributed by atoms with van der Waals surface area (Å²) in [6.07, 6.45) is 0. The highest BCUT2D eigenvalue weighted by Gasteiger charge is 2.17. The van der Waals surface area contributed by atoms with Gasteiger partial charge in [0.05, 0.1) is 13.2 Å². The molecular formula is C19H21FN2O3. The van der Waals surface area contributed by atoms with Crippen molar-refractivity contribution < 1.29 is 18.7 Å². The van der Waals surface area contributed by atoms with Gasteiger partial charge in [-0.1, -0.05) is 12.1 Å². The Hall–Kier alpha value is -2.60. The molecule has 2 aromatic carbocycles. The van der Waals surface area contributed by atoms with Gasteiger partial charge in [-0.2, -0.15) is 0 Å². The molecule has 0 bridgehead atoms. The maximum absolute atomic E-state index is 13.2. The molecule has 1 saturated heterocycles. The van der Waals surface area contributed by atoms with Crippen molar-refractivity contribution in [1.82, 2.24) is 4.90 Å². The molecule has 25 heavy (non-hydrogen) atoms. The number of amides is 2. The Morgan fingerprint density at radius 2 is 2.04 bits per heavy atom. The van der Waals surface area contributed by atoms with Crippen LogP contribution in [0.4, 0.5) is 14.9 Å². The molecule has 2 amide bonds. The monoisotopic (exact) mass is 344 g/mol. The highest BCUT2D eigenvalue weighted by molar-refractivity contribution is 5.90. The molecule has 1 fully saturated rings. The van der Waals surface area contributed by atoms with Crippen LogP contribution in [0.1, 0.15) is 11.1 Å². The van der Waals surface area contributed by atoms with Gasteiger partial charge in [0.25, 0.3) is 0 Å². The van der Waals surface area contributed by atoms with Gasteiger partial charge in [-0.3, -0.25) is 0 Å². The third-order valence-electron chi connectivity index (χ3n) is 4.03. The fourth-order valence-electron chi connectivity index (χ4n) is 2.62. The van der Waals surface area contributed by atoms with Crippen LogP contribution < -0.4 is 10.1 Å². The molecule has 1 heterocycles. The number of hydrogen-bond acceptors (Lipinski definition) is 3. The maximum Gasteiger partial charge on any atom is 0.322 e. The third-order valence-corrected chi connectivity index (χ3v) is 4.03. The lowest BCUT2D eigenvalue weighted by atomic mass is 10.2. The van der Waals surface area contributed by atoms with Crippen molar-refractivity contribution in [3.05, 3.63) is 59.4 Å². The van der Waals surface area contributed by atoms with Gasteiger partial charge < -0.3 is 19.7 Å². The van der Waals surface area contributed by atoms with E-state index in [0.717, 1.165) is 16.8 Å². The van der Waals surface area contributed by atoms with E-state index in [1.165, 1.54) is 12.1 Å². The molecule has 0 aliphatic carbocycles. The average molecular weight is 344 g/mol. The molecule has 1 aliphatic rings. The second kappa shape index (κ2) is 7.98. The van der Waals surface area contributed by atoms with Gasteiger partial charge in [0, 0.05) is 18.8 Å². The molecule has 0 saturated carbocycles. The SMILES string of the molecule is Cc1cc(OCc2cccc(F)c2)ccc1NC(=O)N1CCOCC1. The zero-order chi connectivity index (χ0) is 17.6. The molecule has 1 aliphatic heterocycles. The summed E-state index contributed by atoms with van der Waals surface area (Å²) in [6, 6.07) is 11.7. The lowest BCUT2D eigenvalue weighted by molar-refractivity contribution is 0.0564. The van der Waals surface area contributed by atoms with Crippen LogP contribution in [0.3, 0.4) is 0 Å². The second-order valence-corrected chi connectivity index (χ2v) is 5.92. The van der Waals surface area contributed by atoms with Crippen LogP contribution in [0.25, 0.3) is 0 Å². The molecule has 1 N–H and O–H groups in total. The molecular weight excluding hydrogens is 323 g/mol. The molecule has 2 aromatic rings. The van der Waals surface area contributed by atoms with E-state index in [9.17, 15) is 9.18 Å². The minimum Gasteiger partial charge on any atom is -0.489 e. The van der Waals surface area contributed by atoms with Crippen molar-refractivity contribution in [1.29, 1.82) is 0 Å². The van der Waals surface area contributed by atoms with Crippen LogP contribution in [0.2, 0.25) is 0 Å². The number of benzene rings is 2. The first-order chi connectivity index (χ1) is 12.1. The topological polar surface area (TPSA) is 50.8 Å². The summed E-state index contributed by atoms with van der Waals surface area (Å²) in [5.41, 5.74) is 2.41. The number of nitrogens with one attached hydrogen (secondary N) is 1. The Morgan fingerprint density at radius 3 is 2.76 bits per heavy atom. The van der Waals surface area contributed by atoms with Gasteiger partial charge in [0.2, 0.25) is 0 Å². The fraction of sp³-hybridized carbons (Fsp3) is 0.316. The van der Waals surface area contributed by atoms with E-state index in [1.54, 1.807) is 17.0 Å². The summed E-state index contributed by atoms with van der Waals surface area (Å²) in [7, 11) is 0. The molecule has 0 aromatic heterocycles. The van der Waals surface area contributed by atoms with Gasteiger partial charge in [-0.25, -0.2) is 9.18 Å². The van der Waals surface area contributed by atoms with E-state index in [2.05, 4.69) is 5.32 Å². The molecule has 0 unspecified atom stereocenters. The minimum atomic E-state index is -0.279. The van der Waals surface area contributed by atoms with Crippen LogP contribution in [0.5, 0.6) is 5.75 Å². The molecule has 0 atom stereocenters. The number of carbonyl (C=O) groups excluding carboxylic acids is 1. The third kappa shape index (κ3) is 4.70. The predicted molar refractivity (Wildman–Crippen MR) is 93.3 cm³/mol. The lowest BCUT2D eigenvalue weighted by Gasteiger charge is -2.27. The summed E-state index contributed by atoms with van der Waals surface area (Å²) in [5, 5.41) is 2.91. The van der Waals surface area contributed by atoms with E-state index >= 15 is 0 Å². The quantitative estimate of drug-likeness (QED) is 0.922. The van der Waals surface area contributed by atoms with Gasteiger partial charge >= 0.3 is 6.03 Å². The number of nitrogens with zero attached hydrogens (tertiary/aromatic N) is 1. The number of morpholine rings is 1. The summed E-state index contributed by atoms with van der Waals surface area (Å²) < 4.78 is 24.1. The Labute approximate surface area is 146 Å². The first-order valence-corrected chi connectivity index (χ1v) is 8.23. The predicted octanol–water partition coefficient (Wildman–Crippen LogP) is 3.58. The van der Waals surface area contributed by atoms with Gasteiger partial charge in [-0.05, 0) is 48.4 Å². The largest absolute Gasteiger partial charge is 0.489 e. The number of rotatable bonds is 4. The Kier molecular flexibility index (Phi) is 5.50. The van der Waals surface area contributed by atoms with Crippen LogP contribution in [0.15, 0.2) is 42.5 Å². The average Bonchev–Trinajstić information content (AvgIpc) is 2.63. The van der Waals surface area contributed by atoms with Gasteiger partial charge in [0.1, 0.15) is 18.2 Å². The Bertz CT molecular complexity index is 745. The van der Waals surface area contributed by atoms with Crippen molar-refractivity contribution >= 4 is 11.7 Å². The highest BCUT2D eigenvalue weighted by atomic mass is 19.1. The first-order valence-electron chi connectivity index (χ1n) is 8.23. The number of carbonyl (C=O) groups is 1. The van der Waals surface area contributed by atoms with E-state index < -0.39 is 0 Å². The number of urea groups is 1. The van der Waals surface area contributed by atoms with Crippen molar-refractivity contribution in [3.8, 4) is 5.75 Å². The minimum absolute atomic E-state index is 0.125. The van der Waals surface area contributed by atoms with Crippen LogP contribution in [-0.4, -0.2) is 37.2 Å². The van der Waals surface area contributed by atoms with E-state index in [1.807, 2.05) is 25.1 Å². The van der Waals surface area contributed by atoms with Gasteiger partial charge in [0.15, 0.2) is 0 Å². The van der Waals surface area contributed by atoms with Crippen LogP contribution in [0, 0.1) is 12.7 Å². The molecule has 5 nitrogen and oxygen atoms in total. The summed E-state index contributed by atoms with van der Waals surface area (Å²) in [6.45, 7) is 4.53. The fourth-order valence-corrected chi connectivity index (χ4v) is 2.62. The van der Waals surface area contributed by atoms with Gasteiger partial charge in [-0.15, -0.1) is 0 Å². The number of anilines is 1. The van der Waals surface area contributed by atoms with E-state index in [-0.39, 0.29) is 18.5 Å². The highest BCUT2D eigenvalue weighted by Crippen LogP contribution is 2.22. The van der Waals surface area contributed by atoms with Crippen molar-refractivity contribution in [2.24, 2.45) is 0 Å². The molecule has 0 radical (unpaired) electrons. The maximum atomic E-state index is 13.2. The first kappa shape index (κ1) is 17.2. The smallest absolute Gasteiger partial charge is 0.322 e. The normalized spacial score (nSPS) is 14.2. The standard InChI is InChI=1S/C19H21FN2O3/c1-14-11-17(25-13-15-3-2-4-16(20)12-15)5-6-18(14)21-19(23)22-7-9-24-10-8-22/h2-6,11-12H,7-10,13H2,1H3,(H,21,23). The molecule has 3 rings (SSSR count). The van der Waals surface area contributed by atoms with Crippen LogP contribution in [-0.2, 0) is 11.3 Å². The zero-order valence-corrected chi connectivity index (χ0v) is 14.1. The number of ether oxygens (including phenoxy) is 2. The van der Waals surface area contributed by atoms with Crippen molar-refractivity contribution in [3.63, 3.8) is 0 Å². The number of hydrogen-bond donors (Lipinski definition) is 1. The molecule has 6 heteroatoms. The van der Waals surface area contributed by atoms with E-state index in [4.69, 9.17) is 9.47 Å². The number of aryl methyl sites for hydroxylation is 1. The van der Waals surface area contributed by atoms with E-state index in [0.29, 0.717) is 32.1 Å². The molecule has 132 valence electrons.